The zero-order chi connectivity index (χ0) is 18.0. The van der Waals surface area contributed by atoms with E-state index in [1.165, 1.54) is 5.56 Å². The lowest BCUT2D eigenvalue weighted by atomic mass is 9.71. The van der Waals surface area contributed by atoms with E-state index in [0.717, 1.165) is 5.56 Å². The second-order valence-corrected chi connectivity index (χ2v) is 13.0. The minimum atomic E-state index is -1.65. The third-order valence-corrected chi connectivity index (χ3v) is 7.46. The first-order valence-electron chi connectivity index (χ1n) is 8.68. The van der Waals surface area contributed by atoms with Crippen LogP contribution in [0, 0.1) is 5.41 Å². The van der Waals surface area contributed by atoms with Crippen LogP contribution in [0.4, 0.5) is 0 Å². The molecule has 2 rings (SSSR count). The van der Waals surface area contributed by atoms with E-state index in [0.29, 0.717) is 12.8 Å². The van der Waals surface area contributed by atoms with Crippen LogP contribution in [-0.2, 0) is 25.5 Å². The molecular formula is C19H28O4Si. The number of benzene rings is 1. The SMILES string of the molecule is CCOC(=O)C1(C(=O)OCC)Cc2ccccc2[C@H]([Si](C)(C)C)C1. The summed E-state index contributed by atoms with van der Waals surface area (Å²) >= 11 is 0. The van der Waals surface area contributed by atoms with Gasteiger partial charge in [-0.2, -0.15) is 0 Å². The van der Waals surface area contributed by atoms with Crippen LogP contribution in [0.2, 0.25) is 19.6 Å². The van der Waals surface area contributed by atoms with Crippen LogP contribution in [0.3, 0.4) is 0 Å². The highest BCUT2D eigenvalue weighted by atomic mass is 28.3. The lowest BCUT2D eigenvalue weighted by molar-refractivity contribution is -0.173. The summed E-state index contributed by atoms with van der Waals surface area (Å²) in [5, 5.41) is 0. The smallest absolute Gasteiger partial charge is 0.323 e. The van der Waals surface area contributed by atoms with Crippen molar-refractivity contribution in [2.24, 2.45) is 5.41 Å². The molecule has 4 nitrogen and oxygen atoms in total. The normalized spacial score (nSPS) is 19.3. The van der Waals surface area contributed by atoms with Gasteiger partial charge < -0.3 is 9.47 Å². The van der Waals surface area contributed by atoms with Gasteiger partial charge in [0.15, 0.2) is 5.41 Å². The highest BCUT2D eigenvalue weighted by Crippen LogP contribution is 2.47. The molecule has 0 aromatic heterocycles. The van der Waals surface area contributed by atoms with Crippen molar-refractivity contribution in [3.63, 3.8) is 0 Å². The predicted octanol–water partition coefficient (Wildman–Crippen LogP) is 3.71. The number of esters is 2. The van der Waals surface area contributed by atoms with Crippen molar-refractivity contribution in [3.8, 4) is 0 Å². The van der Waals surface area contributed by atoms with Crippen molar-refractivity contribution in [1.82, 2.24) is 0 Å². The van der Waals surface area contributed by atoms with Crippen LogP contribution in [-0.4, -0.2) is 33.2 Å². The number of fused-ring (bicyclic) bond motifs is 1. The number of carbonyl (C=O) groups is 2. The third kappa shape index (κ3) is 3.41. The van der Waals surface area contributed by atoms with Gasteiger partial charge in [-0.1, -0.05) is 43.9 Å². The molecular weight excluding hydrogens is 320 g/mol. The molecule has 24 heavy (non-hydrogen) atoms. The molecule has 0 fully saturated rings. The fraction of sp³-hybridized carbons (Fsp3) is 0.579. The summed E-state index contributed by atoms with van der Waals surface area (Å²) in [5.74, 6) is -0.887. The standard InChI is InChI=1S/C19H28O4Si/c1-6-22-17(20)19(18(21)23-7-2)12-14-10-8-9-11-15(14)16(13-19)24(3,4)5/h8-11,16H,6-7,12-13H2,1-5H3/t16-/m1/s1. The predicted molar refractivity (Wildman–Crippen MR) is 96.5 cm³/mol. The molecule has 1 aliphatic rings. The minimum absolute atomic E-state index is 0.219. The molecule has 1 atom stereocenters. The Hall–Kier alpha value is -1.62. The van der Waals surface area contributed by atoms with Crippen molar-refractivity contribution >= 4 is 20.0 Å². The molecule has 132 valence electrons. The third-order valence-electron chi connectivity index (χ3n) is 4.85. The lowest BCUT2D eigenvalue weighted by Crippen LogP contribution is -2.50. The van der Waals surface area contributed by atoms with Gasteiger partial charge in [-0.05, 0) is 43.4 Å². The molecule has 1 aliphatic carbocycles. The van der Waals surface area contributed by atoms with Crippen molar-refractivity contribution in [3.05, 3.63) is 35.4 Å². The summed E-state index contributed by atoms with van der Waals surface area (Å²) in [6.45, 7) is 10.9. The van der Waals surface area contributed by atoms with Crippen LogP contribution in [0.1, 0.15) is 36.9 Å². The summed E-state index contributed by atoms with van der Waals surface area (Å²) < 4.78 is 10.6. The van der Waals surface area contributed by atoms with E-state index in [1.807, 2.05) is 18.2 Å². The summed E-state index contributed by atoms with van der Waals surface area (Å²) in [6.07, 6.45) is 0.846. The fourth-order valence-electron chi connectivity index (χ4n) is 3.60. The van der Waals surface area contributed by atoms with Crippen molar-refractivity contribution < 1.29 is 19.1 Å². The summed E-state index contributed by atoms with van der Waals surface area (Å²) in [4.78, 5) is 25.6. The van der Waals surface area contributed by atoms with Crippen LogP contribution < -0.4 is 0 Å². The average molecular weight is 349 g/mol. The minimum Gasteiger partial charge on any atom is -0.465 e. The van der Waals surface area contributed by atoms with E-state index in [1.54, 1.807) is 13.8 Å². The Balaban J connectivity index is 2.57. The largest absolute Gasteiger partial charge is 0.465 e. The highest BCUT2D eigenvalue weighted by Gasteiger charge is 2.55. The van der Waals surface area contributed by atoms with E-state index >= 15 is 0 Å². The lowest BCUT2D eigenvalue weighted by Gasteiger charge is -2.42. The molecule has 0 saturated heterocycles. The van der Waals surface area contributed by atoms with Gasteiger partial charge in [0.1, 0.15) is 0 Å². The highest BCUT2D eigenvalue weighted by molar-refractivity contribution is 6.77. The fourth-order valence-corrected chi connectivity index (χ4v) is 5.77. The van der Waals surface area contributed by atoms with E-state index in [9.17, 15) is 9.59 Å². The van der Waals surface area contributed by atoms with Crippen molar-refractivity contribution in [1.29, 1.82) is 0 Å². The number of hydrogen-bond acceptors (Lipinski definition) is 4. The molecule has 0 saturated carbocycles. The first-order chi connectivity index (χ1) is 11.3. The van der Waals surface area contributed by atoms with Gasteiger partial charge in [-0.3, -0.25) is 9.59 Å². The molecule has 1 aromatic rings. The Bertz CT molecular complexity index is 600. The summed E-state index contributed by atoms with van der Waals surface area (Å²) in [5.41, 5.74) is 1.35. The van der Waals surface area contributed by atoms with Crippen molar-refractivity contribution in [2.75, 3.05) is 13.2 Å². The molecule has 5 heteroatoms. The quantitative estimate of drug-likeness (QED) is 0.462. The summed E-state index contributed by atoms with van der Waals surface area (Å²) in [6, 6.07) is 8.16. The number of carbonyl (C=O) groups excluding carboxylic acids is 2. The van der Waals surface area contributed by atoms with Crippen LogP contribution in [0.5, 0.6) is 0 Å². The van der Waals surface area contributed by atoms with E-state index < -0.39 is 25.4 Å². The molecule has 0 unspecified atom stereocenters. The molecule has 0 spiro atoms. The maximum absolute atomic E-state index is 12.8. The second-order valence-electron chi connectivity index (χ2n) is 7.52. The molecule has 1 aromatic carbocycles. The number of hydrogen-bond donors (Lipinski definition) is 0. The van der Waals surface area contributed by atoms with Crippen LogP contribution in [0.15, 0.2) is 24.3 Å². The molecule has 0 aliphatic heterocycles. The topological polar surface area (TPSA) is 52.6 Å². The summed E-state index contributed by atoms with van der Waals surface area (Å²) in [7, 11) is -1.65. The molecule has 0 radical (unpaired) electrons. The Morgan fingerprint density at radius 1 is 1.08 bits per heavy atom. The average Bonchev–Trinajstić information content (AvgIpc) is 2.53. The van der Waals surface area contributed by atoms with E-state index in [2.05, 4.69) is 25.7 Å². The van der Waals surface area contributed by atoms with Gasteiger partial charge in [0.2, 0.25) is 0 Å². The molecule has 0 N–H and O–H groups in total. The number of ether oxygens (including phenoxy) is 2. The van der Waals surface area contributed by atoms with Crippen LogP contribution in [0.25, 0.3) is 0 Å². The first-order valence-corrected chi connectivity index (χ1v) is 12.3. The maximum Gasteiger partial charge on any atom is 0.323 e. The molecule has 0 amide bonds. The van der Waals surface area contributed by atoms with Gasteiger partial charge in [-0.25, -0.2) is 0 Å². The monoisotopic (exact) mass is 348 g/mol. The van der Waals surface area contributed by atoms with Crippen molar-refractivity contribution in [2.45, 2.75) is 51.9 Å². The Labute approximate surface area is 145 Å². The zero-order valence-electron chi connectivity index (χ0n) is 15.3. The maximum atomic E-state index is 12.8. The number of rotatable bonds is 5. The van der Waals surface area contributed by atoms with Gasteiger partial charge in [0, 0.05) is 0 Å². The molecule has 0 heterocycles. The Morgan fingerprint density at radius 3 is 2.12 bits per heavy atom. The zero-order valence-corrected chi connectivity index (χ0v) is 16.3. The first kappa shape index (κ1) is 18.7. The van der Waals surface area contributed by atoms with Gasteiger partial charge in [0.05, 0.1) is 21.3 Å². The van der Waals surface area contributed by atoms with Crippen LogP contribution >= 0.6 is 0 Å². The van der Waals surface area contributed by atoms with Gasteiger partial charge >= 0.3 is 11.9 Å². The van der Waals surface area contributed by atoms with E-state index in [4.69, 9.17) is 9.47 Å². The molecule has 0 bridgehead atoms. The van der Waals surface area contributed by atoms with Gasteiger partial charge in [-0.15, -0.1) is 0 Å². The van der Waals surface area contributed by atoms with E-state index in [-0.39, 0.29) is 18.8 Å². The van der Waals surface area contributed by atoms with Gasteiger partial charge in [0.25, 0.3) is 0 Å². The Kier molecular flexibility index (Phi) is 5.53. The second kappa shape index (κ2) is 7.09. The Morgan fingerprint density at radius 2 is 1.62 bits per heavy atom.